The molecule has 1 aromatic rings. The smallest absolute Gasteiger partial charge is 0.315 e. The molecule has 96 valence electrons. The lowest BCUT2D eigenvalue weighted by atomic mass is 10.2. The number of rotatable bonds is 3. The summed E-state index contributed by atoms with van der Waals surface area (Å²) in [5.74, 6) is 0.150. The number of amides is 1. The minimum Gasteiger partial charge on any atom is -0.482 e. The number of esters is 1. The quantitative estimate of drug-likeness (QED) is 0.480. The van der Waals surface area contributed by atoms with Crippen molar-refractivity contribution in [1.82, 2.24) is 0 Å². The second-order valence-electron chi connectivity index (χ2n) is 3.59. The summed E-state index contributed by atoms with van der Waals surface area (Å²) >= 11 is 1.25. The van der Waals surface area contributed by atoms with Crippen molar-refractivity contribution in [2.45, 2.75) is 4.90 Å². The summed E-state index contributed by atoms with van der Waals surface area (Å²) < 4.78 is 9.77. The molecule has 2 rings (SSSR count). The van der Waals surface area contributed by atoms with Gasteiger partial charge in [0.25, 0.3) is 5.91 Å². The fraction of sp³-hybridized carbons (Fsp3) is 0.273. The largest absolute Gasteiger partial charge is 0.482 e. The van der Waals surface area contributed by atoms with Crippen molar-refractivity contribution in [3.8, 4) is 5.75 Å². The maximum Gasteiger partial charge on any atom is 0.315 e. The van der Waals surface area contributed by atoms with E-state index in [1.165, 1.54) is 18.9 Å². The third-order valence-electron chi connectivity index (χ3n) is 2.32. The van der Waals surface area contributed by atoms with E-state index in [9.17, 15) is 9.59 Å². The van der Waals surface area contributed by atoms with E-state index in [0.717, 1.165) is 0 Å². The van der Waals surface area contributed by atoms with Gasteiger partial charge in [0.2, 0.25) is 0 Å². The van der Waals surface area contributed by atoms with Crippen molar-refractivity contribution in [1.29, 1.82) is 0 Å². The molecule has 1 aliphatic rings. The molecular formula is C11H12N2O4S. The highest BCUT2D eigenvalue weighted by Crippen LogP contribution is 2.36. The van der Waals surface area contributed by atoms with Crippen LogP contribution in [0.25, 0.3) is 0 Å². The number of carbonyl (C=O) groups is 2. The molecule has 1 amide bonds. The second-order valence-corrected chi connectivity index (χ2v) is 4.61. The molecule has 6 nitrogen and oxygen atoms in total. The van der Waals surface area contributed by atoms with Crippen molar-refractivity contribution in [3.05, 3.63) is 12.1 Å². The van der Waals surface area contributed by atoms with Gasteiger partial charge < -0.3 is 20.5 Å². The highest BCUT2D eigenvalue weighted by molar-refractivity contribution is 8.00. The predicted molar refractivity (Wildman–Crippen MR) is 67.7 cm³/mol. The van der Waals surface area contributed by atoms with Crippen molar-refractivity contribution in [2.75, 3.05) is 30.5 Å². The van der Waals surface area contributed by atoms with E-state index in [2.05, 4.69) is 10.1 Å². The molecule has 0 saturated carbocycles. The van der Waals surface area contributed by atoms with E-state index in [0.29, 0.717) is 22.0 Å². The average molecular weight is 268 g/mol. The Morgan fingerprint density at radius 1 is 1.61 bits per heavy atom. The Morgan fingerprint density at radius 3 is 3.11 bits per heavy atom. The van der Waals surface area contributed by atoms with E-state index in [1.54, 1.807) is 12.1 Å². The van der Waals surface area contributed by atoms with Gasteiger partial charge >= 0.3 is 5.97 Å². The molecular weight excluding hydrogens is 256 g/mol. The van der Waals surface area contributed by atoms with Gasteiger partial charge in [-0.25, -0.2) is 0 Å². The summed E-state index contributed by atoms with van der Waals surface area (Å²) in [6.45, 7) is -0.0128. The van der Waals surface area contributed by atoms with Gasteiger partial charge in [0.05, 0.1) is 18.6 Å². The summed E-state index contributed by atoms with van der Waals surface area (Å²) in [6.07, 6.45) is 0. The molecule has 1 heterocycles. The van der Waals surface area contributed by atoms with Crippen LogP contribution >= 0.6 is 11.8 Å². The first-order valence-corrected chi connectivity index (χ1v) is 6.14. The lowest BCUT2D eigenvalue weighted by Crippen LogP contribution is -2.25. The Balaban J connectivity index is 2.18. The number of ether oxygens (including phenoxy) is 2. The molecule has 0 atom stereocenters. The first kappa shape index (κ1) is 12.6. The molecule has 0 bridgehead atoms. The molecule has 1 aromatic carbocycles. The van der Waals surface area contributed by atoms with Crippen molar-refractivity contribution >= 4 is 35.0 Å². The number of nitrogens with two attached hydrogens (primary N) is 1. The average Bonchev–Trinajstić information content (AvgIpc) is 2.36. The zero-order chi connectivity index (χ0) is 13.1. The molecule has 18 heavy (non-hydrogen) atoms. The second kappa shape index (κ2) is 5.18. The fourth-order valence-electron chi connectivity index (χ4n) is 1.44. The SMILES string of the molecule is COC(=O)CSc1cc2c(cc1N)OCC(=O)N2. The lowest BCUT2D eigenvalue weighted by Gasteiger charge is -2.19. The van der Waals surface area contributed by atoms with Crippen LogP contribution in [-0.4, -0.2) is 31.3 Å². The van der Waals surface area contributed by atoms with Gasteiger partial charge in [0.15, 0.2) is 6.61 Å². The number of hydrogen-bond acceptors (Lipinski definition) is 6. The standard InChI is InChI=1S/C11H12N2O4S/c1-16-11(15)5-18-9-3-7-8(2-6(9)12)17-4-10(14)13-7/h2-3H,4-5,12H2,1H3,(H,13,14). The molecule has 0 aromatic heterocycles. The van der Waals surface area contributed by atoms with Gasteiger partial charge in [-0.15, -0.1) is 11.8 Å². The predicted octanol–water partition coefficient (Wildman–Crippen LogP) is 0.865. The maximum atomic E-state index is 11.2. The topological polar surface area (TPSA) is 90.7 Å². The van der Waals surface area contributed by atoms with E-state index in [1.807, 2.05) is 0 Å². The molecule has 0 unspecified atom stereocenters. The van der Waals surface area contributed by atoms with E-state index < -0.39 is 0 Å². The molecule has 0 radical (unpaired) electrons. The van der Waals surface area contributed by atoms with Crippen LogP contribution in [0.4, 0.5) is 11.4 Å². The molecule has 0 spiro atoms. The van der Waals surface area contributed by atoms with E-state index in [4.69, 9.17) is 10.5 Å². The van der Waals surface area contributed by atoms with Gasteiger partial charge in [-0.3, -0.25) is 9.59 Å². The summed E-state index contributed by atoms with van der Waals surface area (Å²) in [5, 5.41) is 2.68. The highest BCUT2D eigenvalue weighted by atomic mass is 32.2. The van der Waals surface area contributed by atoms with Crippen LogP contribution in [0.2, 0.25) is 0 Å². The fourth-order valence-corrected chi connectivity index (χ4v) is 2.26. The number of hydrogen-bond donors (Lipinski definition) is 2. The summed E-state index contributed by atoms with van der Waals surface area (Å²) in [5.41, 5.74) is 6.90. The number of nitrogens with one attached hydrogen (secondary N) is 1. The van der Waals surface area contributed by atoms with Gasteiger partial charge in [-0.2, -0.15) is 0 Å². The van der Waals surface area contributed by atoms with Crippen LogP contribution in [0.5, 0.6) is 5.75 Å². The normalized spacial score (nSPS) is 13.3. The number of benzene rings is 1. The molecule has 0 fully saturated rings. The Morgan fingerprint density at radius 2 is 2.39 bits per heavy atom. The van der Waals surface area contributed by atoms with Crippen LogP contribution < -0.4 is 15.8 Å². The van der Waals surface area contributed by atoms with Gasteiger partial charge in [-0.1, -0.05) is 0 Å². The Kier molecular flexibility index (Phi) is 3.61. The number of anilines is 2. The van der Waals surface area contributed by atoms with E-state index >= 15 is 0 Å². The third kappa shape index (κ3) is 2.67. The molecule has 3 N–H and O–H groups in total. The summed E-state index contributed by atoms with van der Waals surface area (Å²) in [7, 11) is 1.33. The summed E-state index contributed by atoms with van der Waals surface area (Å²) in [6, 6.07) is 3.32. The van der Waals surface area contributed by atoms with Crippen molar-refractivity contribution in [2.24, 2.45) is 0 Å². The zero-order valence-corrected chi connectivity index (χ0v) is 10.5. The van der Waals surface area contributed by atoms with Gasteiger partial charge in [0, 0.05) is 16.6 Å². The van der Waals surface area contributed by atoms with Crippen LogP contribution in [0.15, 0.2) is 17.0 Å². The molecule has 0 aliphatic carbocycles. The van der Waals surface area contributed by atoms with Crippen LogP contribution in [-0.2, 0) is 14.3 Å². The first-order chi connectivity index (χ1) is 8.60. The summed E-state index contributed by atoms with van der Waals surface area (Å²) in [4.78, 5) is 22.9. The minimum atomic E-state index is -0.336. The maximum absolute atomic E-state index is 11.2. The highest BCUT2D eigenvalue weighted by Gasteiger charge is 2.18. The number of methoxy groups -OCH3 is 1. The van der Waals surface area contributed by atoms with Crippen LogP contribution in [0.1, 0.15) is 0 Å². The number of fused-ring (bicyclic) bond motifs is 1. The monoisotopic (exact) mass is 268 g/mol. The first-order valence-electron chi connectivity index (χ1n) is 5.16. The Labute approximate surface area is 108 Å². The van der Waals surface area contributed by atoms with Crippen LogP contribution in [0.3, 0.4) is 0 Å². The molecule has 7 heteroatoms. The Hall–Kier alpha value is -1.89. The van der Waals surface area contributed by atoms with Gasteiger partial charge in [-0.05, 0) is 6.07 Å². The van der Waals surface area contributed by atoms with Crippen LogP contribution in [0, 0.1) is 0 Å². The number of carbonyl (C=O) groups excluding carboxylic acids is 2. The lowest BCUT2D eigenvalue weighted by molar-refractivity contribution is -0.137. The Bertz CT molecular complexity index is 504. The third-order valence-corrected chi connectivity index (χ3v) is 3.36. The molecule has 0 saturated heterocycles. The van der Waals surface area contributed by atoms with E-state index in [-0.39, 0.29) is 24.2 Å². The van der Waals surface area contributed by atoms with Gasteiger partial charge in [0.1, 0.15) is 5.75 Å². The minimum absolute atomic E-state index is 0.0128. The van der Waals surface area contributed by atoms with Crippen molar-refractivity contribution in [3.63, 3.8) is 0 Å². The van der Waals surface area contributed by atoms with Crippen molar-refractivity contribution < 1.29 is 19.1 Å². The number of thioether (sulfide) groups is 1. The molecule has 1 aliphatic heterocycles. The number of nitrogen functional groups attached to an aromatic ring is 1. The zero-order valence-electron chi connectivity index (χ0n) is 9.69.